The molecule has 3 heteroatoms. The molecule has 0 N–H and O–H groups in total. The molecule has 1 spiro atoms. The van der Waals surface area contributed by atoms with Crippen LogP contribution in [0.25, 0.3) is 0 Å². The third-order valence-corrected chi connectivity index (χ3v) is 4.19. The molecule has 0 aromatic carbocycles. The van der Waals surface area contributed by atoms with Gasteiger partial charge < -0.3 is 4.42 Å². The number of allylic oxidation sites excluding steroid dienone is 4. The zero-order valence-electron chi connectivity index (χ0n) is 10.7. The van der Waals surface area contributed by atoms with Gasteiger partial charge in [0, 0.05) is 18.8 Å². The highest BCUT2D eigenvalue weighted by Gasteiger charge is 2.48. The molecule has 3 nitrogen and oxygen atoms in total. The maximum absolute atomic E-state index is 12.5. The van der Waals surface area contributed by atoms with Crippen LogP contribution < -0.4 is 0 Å². The van der Waals surface area contributed by atoms with E-state index in [-0.39, 0.29) is 17.5 Å². The van der Waals surface area contributed by atoms with E-state index in [1.54, 1.807) is 12.3 Å². The molecule has 19 heavy (non-hydrogen) atoms. The van der Waals surface area contributed by atoms with Crippen LogP contribution in [0.15, 0.2) is 47.1 Å². The van der Waals surface area contributed by atoms with E-state index in [2.05, 4.69) is 0 Å². The lowest BCUT2D eigenvalue weighted by Gasteiger charge is -2.35. The molecule has 1 aromatic heterocycles. The molecule has 0 saturated heterocycles. The number of carbonyl (C=O) groups excluding carboxylic acids is 2. The minimum absolute atomic E-state index is 0.0568. The van der Waals surface area contributed by atoms with Gasteiger partial charge in [0.2, 0.25) is 0 Å². The Balaban J connectivity index is 1.88. The van der Waals surface area contributed by atoms with Gasteiger partial charge in [0.1, 0.15) is 17.3 Å². The van der Waals surface area contributed by atoms with Crippen LogP contribution in [0.2, 0.25) is 0 Å². The maximum atomic E-state index is 12.5. The number of furan rings is 1. The van der Waals surface area contributed by atoms with Crippen molar-refractivity contribution in [2.24, 2.45) is 5.41 Å². The maximum Gasteiger partial charge on any atom is 0.147 e. The van der Waals surface area contributed by atoms with E-state index in [0.29, 0.717) is 25.7 Å². The van der Waals surface area contributed by atoms with Gasteiger partial charge in [-0.2, -0.15) is 0 Å². The number of rotatable bonds is 1. The molecule has 0 atom stereocenters. The number of Topliss-reactive ketones (excluding diaryl/α,β-unsaturated/α-hetero) is 2. The summed E-state index contributed by atoms with van der Waals surface area (Å²) in [7, 11) is 0. The number of ketones is 2. The van der Waals surface area contributed by atoms with Gasteiger partial charge >= 0.3 is 0 Å². The molecular formula is C16H16O3. The van der Waals surface area contributed by atoms with Crippen LogP contribution >= 0.6 is 0 Å². The van der Waals surface area contributed by atoms with Crippen molar-refractivity contribution in [1.82, 2.24) is 0 Å². The molecule has 0 bridgehead atoms. The van der Waals surface area contributed by atoms with Crippen molar-refractivity contribution >= 4 is 11.6 Å². The van der Waals surface area contributed by atoms with Gasteiger partial charge in [-0.05, 0) is 25.0 Å². The second-order valence-corrected chi connectivity index (χ2v) is 5.31. The zero-order valence-corrected chi connectivity index (χ0v) is 10.7. The molecule has 1 saturated carbocycles. The number of hydrogen-bond acceptors (Lipinski definition) is 3. The fourth-order valence-electron chi connectivity index (χ4n) is 3.03. The SMILES string of the molecule is O=C1CC(c2ccco2)CC(=O)C12CC=CC=CC2. The molecular weight excluding hydrogens is 240 g/mol. The molecule has 2 aliphatic carbocycles. The van der Waals surface area contributed by atoms with Gasteiger partial charge in [-0.25, -0.2) is 0 Å². The second kappa shape index (κ2) is 4.65. The molecule has 1 aromatic rings. The van der Waals surface area contributed by atoms with E-state index < -0.39 is 5.41 Å². The molecule has 1 heterocycles. The van der Waals surface area contributed by atoms with Crippen molar-refractivity contribution < 1.29 is 14.0 Å². The largest absolute Gasteiger partial charge is 0.469 e. The van der Waals surface area contributed by atoms with Gasteiger partial charge in [-0.3, -0.25) is 9.59 Å². The van der Waals surface area contributed by atoms with E-state index in [1.807, 2.05) is 30.4 Å². The fourth-order valence-corrected chi connectivity index (χ4v) is 3.03. The Labute approximate surface area is 112 Å². The van der Waals surface area contributed by atoms with Crippen LogP contribution in [0.3, 0.4) is 0 Å². The first-order valence-electron chi connectivity index (χ1n) is 6.64. The third-order valence-electron chi connectivity index (χ3n) is 4.19. The van der Waals surface area contributed by atoms with Crippen molar-refractivity contribution in [3.63, 3.8) is 0 Å². The summed E-state index contributed by atoms with van der Waals surface area (Å²) in [5, 5.41) is 0. The van der Waals surface area contributed by atoms with Crippen LogP contribution in [0, 0.1) is 5.41 Å². The summed E-state index contributed by atoms with van der Waals surface area (Å²) in [6.45, 7) is 0. The minimum atomic E-state index is -0.813. The van der Waals surface area contributed by atoms with E-state index >= 15 is 0 Å². The average Bonchev–Trinajstić information content (AvgIpc) is 2.81. The lowest BCUT2D eigenvalue weighted by Crippen LogP contribution is -2.44. The highest BCUT2D eigenvalue weighted by atomic mass is 16.3. The van der Waals surface area contributed by atoms with Crippen LogP contribution in [-0.2, 0) is 9.59 Å². The average molecular weight is 256 g/mol. The highest BCUT2D eigenvalue weighted by Crippen LogP contribution is 2.43. The van der Waals surface area contributed by atoms with E-state index in [0.717, 1.165) is 5.76 Å². The first-order valence-corrected chi connectivity index (χ1v) is 6.64. The van der Waals surface area contributed by atoms with Crippen molar-refractivity contribution in [2.75, 3.05) is 0 Å². The predicted octanol–water partition coefficient (Wildman–Crippen LogP) is 3.19. The van der Waals surface area contributed by atoms with Crippen LogP contribution in [0.1, 0.15) is 37.4 Å². The Morgan fingerprint density at radius 2 is 1.68 bits per heavy atom. The van der Waals surface area contributed by atoms with Gasteiger partial charge in [0.25, 0.3) is 0 Å². The molecule has 0 radical (unpaired) electrons. The van der Waals surface area contributed by atoms with Crippen LogP contribution in [-0.4, -0.2) is 11.6 Å². The summed E-state index contributed by atoms with van der Waals surface area (Å²) in [6.07, 6.45) is 11.1. The Morgan fingerprint density at radius 3 is 2.21 bits per heavy atom. The first kappa shape index (κ1) is 12.2. The second-order valence-electron chi connectivity index (χ2n) is 5.31. The molecule has 98 valence electrons. The van der Waals surface area contributed by atoms with Crippen molar-refractivity contribution in [3.8, 4) is 0 Å². The van der Waals surface area contributed by atoms with Gasteiger partial charge in [-0.1, -0.05) is 24.3 Å². The van der Waals surface area contributed by atoms with Gasteiger partial charge in [0.15, 0.2) is 0 Å². The number of carbonyl (C=O) groups is 2. The summed E-state index contributed by atoms with van der Waals surface area (Å²) in [5.41, 5.74) is -0.813. The van der Waals surface area contributed by atoms with Crippen molar-refractivity contribution in [2.45, 2.75) is 31.6 Å². The summed E-state index contributed by atoms with van der Waals surface area (Å²) in [6, 6.07) is 3.64. The molecule has 3 rings (SSSR count). The summed E-state index contributed by atoms with van der Waals surface area (Å²) in [4.78, 5) is 25.0. The minimum Gasteiger partial charge on any atom is -0.469 e. The monoisotopic (exact) mass is 256 g/mol. The predicted molar refractivity (Wildman–Crippen MR) is 70.6 cm³/mol. The third kappa shape index (κ3) is 1.99. The Hall–Kier alpha value is -1.90. The Kier molecular flexibility index (Phi) is 2.97. The number of hydrogen-bond donors (Lipinski definition) is 0. The van der Waals surface area contributed by atoms with E-state index in [4.69, 9.17) is 4.42 Å². The molecule has 1 fully saturated rings. The summed E-state index contributed by atoms with van der Waals surface area (Å²) >= 11 is 0. The summed E-state index contributed by atoms with van der Waals surface area (Å²) in [5.74, 6) is 0.774. The quantitative estimate of drug-likeness (QED) is 0.725. The topological polar surface area (TPSA) is 47.3 Å². The van der Waals surface area contributed by atoms with Crippen molar-refractivity contribution in [1.29, 1.82) is 0 Å². The molecule has 0 amide bonds. The Morgan fingerprint density at radius 1 is 1.05 bits per heavy atom. The van der Waals surface area contributed by atoms with E-state index in [1.165, 1.54) is 0 Å². The zero-order chi connectivity index (χ0) is 13.3. The van der Waals surface area contributed by atoms with Crippen molar-refractivity contribution in [3.05, 3.63) is 48.5 Å². The Bertz CT molecular complexity index is 515. The van der Waals surface area contributed by atoms with Gasteiger partial charge in [0.05, 0.1) is 11.7 Å². The highest BCUT2D eigenvalue weighted by molar-refractivity contribution is 6.10. The molecule has 2 aliphatic rings. The summed E-state index contributed by atoms with van der Waals surface area (Å²) < 4.78 is 5.34. The van der Waals surface area contributed by atoms with Crippen LogP contribution in [0.5, 0.6) is 0 Å². The van der Waals surface area contributed by atoms with Gasteiger partial charge in [-0.15, -0.1) is 0 Å². The smallest absolute Gasteiger partial charge is 0.147 e. The van der Waals surface area contributed by atoms with Crippen LogP contribution in [0.4, 0.5) is 0 Å². The first-order chi connectivity index (χ1) is 9.22. The standard InChI is InChI=1S/C16H16O3/c17-14-10-12(13-6-5-9-19-13)11-15(18)16(14)7-3-1-2-4-8-16/h1-6,9,12H,7-8,10-11H2. The lowest BCUT2D eigenvalue weighted by molar-refractivity contribution is -0.144. The molecule has 0 unspecified atom stereocenters. The molecule has 0 aliphatic heterocycles. The fraction of sp³-hybridized carbons (Fsp3) is 0.375. The lowest BCUT2D eigenvalue weighted by atomic mass is 9.65. The van der Waals surface area contributed by atoms with E-state index in [9.17, 15) is 9.59 Å². The normalized spacial score (nSPS) is 22.9.